The molecule has 0 aromatic heterocycles. The maximum atomic E-state index is 11.1. The molecule has 0 aliphatic rings. The van der Waals surface area contributed by atoms with Gasteiger partial charge in [0.15, 0.2) is 0 Å². The van der Waals surface area contributed by atoms with Gasteiger partial charge in [0.25, 0.3) is 0 Å². The molecule has 3 aromatic rings. The fraction of sp³-hybridized carbons (Fsp3) is 0.179. The van der Waals surface area contributed by atoms with Crippen molar-refractivity contribution in [3.63, 3.8) is 0 Å². The van der Waals surface area contributed by atoms with Crippen LogP contribution in [-0.4, -0.2) is 36.2 Å². The molecule has 0 unspecified atom stereocenters. The quantitative estimate of drug-likeness (QED) is 0.303. The molecule has 158 valence electrons. The Bertz CT molecular complexity index is 928. The molecule has 3 aromatic carbocycles. The van der Waals surface area contributed by atoms with Gasteiger partial charge in [-0.05, 0) is 0 Å². The van der Waals surface area contributed by atoms with Crippen LogP contribution in [0.5, 0.6) is 0 Å². The van der Waals surface area contributed by atoms with E-state index in [9.17, 15) is 5.11 Å². The van der Waals surface area contributed by atoms with Crippen molar-refractivity contribution in [2.24, 2.45) is 5.92 Å². The molecular formula is C28H29NOSe. The maximum absolute atomic E-state index is 11.1. The Balaban J connectivity index is 1.82. The van der Waals surface area contributed by atoms with Gasteiger partial charge in [-0.25, -0.2) is 0 Å². The third-order valence-corrected chi connectivity index (χ3v) is 6.36. The van der Waals surface area contributed by atoms with Gasteiger partial charge < -0.3 is 0 Å². The fourth-order valence-electron chi connectivity index (χ4n) is 3.53. The topological polar surface area (TPSA) is 23.5 Å². The molecule has 0 aliphatic carbocycles. The molecule has 0 fully saturated rings. The van der Waals surface area contributed by atoms with Crippen molar-refractivity contribution in [1.29, 1.82) is 0 Å². The molecule has 3 rings (SSSR count). The van der Waals surface area contributed by atoms with Crippen LogP contribution in [0.1, 0.15) is 23.1 Å². The van der Waals surface area contributed by atoms with E-state index < -0.39 is 6.10 Å². The summed E-state index contributed by atoms with van der Waals surface area (Å²) in [6.07, 6.45) is 5.80. The van der Waals surface area contributed by atoms with Gasteiger partial charge in [0.05, 0.1) is 0 Å². The van der Waals surface area contributed by atoms with Crippen LogP contribution in [0, 0.1) is 5.92 Å². The van der Waals surface area contributed by atoms with Crippen LogP contribution in [0.25, 0.3) is 6.08 Å². The van der Waals surface area contributed by atoms with E-state index in [0.29, 0.717) is 6.42 Å². The van der Waals surface area contributed by atoms with E-state index in [1.807, 2.05) is 60.7 Å². The van der Waals surface area contributed by atoms with Gasteiger partial charge in [-0.2, -0.15) is 0 Å². The van der Waals surface area contributed by atoms with Crippen LogP contribution in [-0.2, 0) is 13.1 Å². The van der Waals surface area contributed by atoms with Crippen LogP contribution in [0.4, 0.5) is 0 Å². The van der Waals surface area contributed by atoms with Crippen molar-refractivity contribution in [2.45, 2.75) is 25.6 Å². The van der Waals surface area contributed by atoms with E-state index >= 15 is 0 Å². The van der Waals surface area contributed by atoms with Crippen molar-refractivity contribution in [2.75, 3.05) is 0 Å². The number of allylic oxidation sites excluding steroid dienone is 1. The first-order valence-electron chi connectivity index (χ1n) is 10.6. The van der Waals surface area contributed by atoms with Crippen molar-refractivity contribution in [1.82, 2.24) is 4.90 Å². The van der Waals surface area contributed by atoms with Crippen LogP contribution >= 0.6 is 0 Å². The Morgan fingerprint density at radius 3 is 1.81 bits per heavy atom. The van der Waals surface area contributed by atoms with Gasteiger partial charge in [-0.3, -0.25) is 0 Å². The Hall–Kier alpha value is -2.71. The molecule has 0 amide bonds. The number of hydrogen-bond donors (Lipinski definition) is 1. The van der Waals surface area contributed by atoms with Gasteiger partial charge in [0.1, 0.15) is 0 Å². The van der Waals surface area contributed by atoms with E-state index in [4.69, 9.17) is 0 Å². The summed E-state index contributed by atoms with van der Waals surface area (Å²) in [6, 6.07) is 30.9. The molecule has 1 N–H and O–H groups in total. The third kappa shape index (κ3) is 7.18. The first-order chi connectivity index (χ1) is 15.2. The van der Waals surface area contributed by atoms with Gasteiger partial charge in [0, 0.05) is 0 Å². The molecule has 0 saturated carbocycles. The number of aliphatic hydroxyl groups is 1. The molecule has 0 heterocycles. The molecule has 0 aliphatic heterocycles. The number of nitrogens with zero attached hydrogens (tertiary/aromatic N) is 1. The van der Waals surface area contributed by atoms with Gasteiger partial charge >= 0.3 is 194 Å². The van der Waals surface area contributed by atoms with E-state index in [2.05, 4.69) is 75.6 Å². The van der Waals surface area contributed by atoms with Gasteiger partial charge in [-0.1, -0.05) is 0 Å². The zero-order valence-corrected chi connectivity index (χ0v) is 19.4. The van der Waals surface area contributed by atoms with Crippen LogP contribution in [0.3, 0.4) is 0 Å². The number of hydrogen-bond acceptors (Lipinski definition) is 2. The standard InChI is InChI=1S/C28H29NOSe/c1-2-12-26(27(30)20-19-23-13-6-3-7-14-23)28(31)29(21-24-15-8-4-9-16-24)22-25-17-10-5-11-18-25/h2-11,13-20,26-27,30H,1,12,21-22H2/b20-19+/t26-,27+/m1/s1. The Morgan fingerprint density at radius 2 is 1.32 bits per heavy atom. The minimum absolute atomic E-state index is 0.0927. The van der Waals surface area contributed by atoms with Gasteiger partial charge in [0.2, 0.25) is 0 Å². The summed E-state index contributed by atoms with van der Waals surface area (Å²) in [5.74, 6) is -0.0927. The average molecular weight is 475 g/mol. The molecule has 0 saturated heterocycles. The van der Waals surface area contributed by atoms with Crippen molar-refractivity contribution in [3.8, 4) is 0 Å². The zero-order valence-electron chi connectivity index (χ0n) is 17.7. The second-order valence-corrected chi connectivity index (χ2v) is 8.43. The van der Waals surface area contributed by atoms with E-state index in [1.54, 1.807) is 0 Å². The monoisotopic (exact) mass is 475 g/mol. The predicted octanol–water partition coefficient (Wildman–Crippen LogP) is 5.25. The average Bonchev–Trinajstić information content (AvgIpc) is 2.82. The molecule has 2 atom stereocenters. The summed E-state index contributed by atoms with van der Waals surface area (Å²) in [7, 11) is 0. The Kier molecular flexibility index (Phi) is 9.05. The predicted molar refractivity (Wildman–Crippen MR) is 133 cm³/mol. The summed E-state index contributed by atoms with van der Waals surface area (Å²) in [5.41, 5.74) is 3.54. The molecule has 0 radical (unpaired) electrons. The van der Waals surface area contributed by atoms with Crippen molar-refractivity contribution in [3.05, 3.63) is 126 Å². The van der Waals surface area contributed by atoms with Gasteiger partial charge in [-0.15, -0.1) is 0 Å². The first-order valence-corrected chi connectivity index (χ1v) is 11.4. The Labute approximate surface area is 193 Å². The second-order valence-electron chi connectivity index (χ2n) is 7.56. The molecule has 31 heavy (non-hydrogen) atoms. The second kappa shape index (κ2) is 12.2. The Morgan fingerprint density at radius 1 is 0.839 bits per heavy atom. The van der Waals surface area contributed by atoms with Crippen molar-refractivity contribution >= 4 is 26.2 Å². The first kappa shape index (κ1) is 23.0. The molecule has 0 spiro atoms. The summed E-state index contributed by atoms with van der Waals surface area (Å²) >= 11 is 3.28. The molecular weight excluding hydrogens is 445 g/mol. The fourth-order valence-corrected chi connectivity index (χ4v) is 4.29. The summed E-state index contributed by atoms with van der Waals surface area (Å²) in [4.78, 5) is 2.32. The van der Waals surface area contributed by atoms with Crippen LogP contribution < -0.4 is 0 Å². The number of rotatable bonds is 11. The van der Waals surface area contributed by atoms with E-state index in [-0.39, 0.29) is 5.92 Å². The SMILES string of the molecule is C=CC[C@@H](C(=[Se])N(Cc1ccccc1)Cc1ccccc1)[C@@H](O)/C=C/c1ccccc1. The minimum atomic E-state index is -0.622. The normalized spacial score (nSPS) is 12.9. The molecule has 0 bridgehead atoms. The van der Waals surface area contributed by atoms with E-state index in [0.717, 1.165) is 23.2 Å². The summed E-state index contributed by atoms with van der Waals surface area (Å²) in [6.45, 7) is 5.46. The third-order valence-electron chi connectivity index (χ3n) is 5.18. The number of benzene rings is 3. The van der Waals surface area contributed by atoms with Crippen LogP contribution in [0.15, 0.2) is 110 Å². The van der Waals surface area contributed by atoms with Crippen LogP contribution in [0.2, 0.25) is 0 Å². The zero-order chi connectivity index (χ0) is 21.9. The molecule has 3 heteroatoms. The number of aliphatic hydroxyl groups excluding tert-OH is 1. The van der Waals surface area contributed by atoms with Crippen molar-refractivity contribution < 1.29 is 5.11 Å². The summed E-state index contributed by atoms with van der Waals surface area (Å²) in [5, 5.41) is 11.1. The van der Waals surface area contributed by atoms with E-state index in [1.165, 1.54) is 11.1 Å². The summed E-state index contributed by atoms with van der Waals surface area (Å²) < 4.78 is 1.04. The molecule has 2 nitrogen and oxygen atoms in total.